The SMILES string of the molecule is Cc1ccc(Br)c(-c2nc(N)n(C)n2)c1. The molecule has 0 fully saturated rings. The Morgan fingerprint density at radius 3 is 2.73 bits per heavy atom. The zero-order valence-electron chi connectivity index (χ0n) is 8.53. The third-order valence-electron chi connectivity index (χ3n) is 2.16. The number of hydrogen-bond donors (Lipinski definition) is 1. The van der Waals surface area contributed by atoms with Crippen molar-refractivity contribution in [1.82, 2.24) is 14.8 Å². The number of hydrogen-bond acceptors (Lipinski definition) is 3. The Hall–Kier alpha value is -1.36. The quantitative estimate of drug-likeness (QED) is 0.861. The molecule has 2 rings (SSSR count). The molecule has 1 aromatic carbocycles. The molecule has 78 valence electrons. The molecule has 0 saturated carbocycles. The van der Waals surface area contributed by atoms with Gasteiger partial charge >= 0.3 is 0 Å². The first-order valence-corrected chi connectivity index (χ1v) is 5.30. The van der Waals surface area contributed by atoms with Crippen LogP contribution in [0.4, 0.5) is 5.95 Å². The molecule has 1 heterocycles. The highest BCUT2D eigenvalue weighted by atomic mass is 79.9. The Morgan fingerprint density at radius 2 is 2.13 bits per heavy atom. The minimum absolute atomic E-state index is 0.415. The largest absolute Gasteiger partial charge is 0.368 e. The number of nitrogen functional groups attached to an aromatic ring is 1. The molecular weight excluding hydrogens is 256 g/mol. The van der Waals surface area contributed by atoms with Crippen LogP contribution in [0.15, 0.2) is 22.7 Å². The smallest absolute Gasteiger partial charge is 0.218 e. The fourth-order valence-electron chi connectivity index (χ4n) is 1.32. The van der Waals surface area contributed by atoms with E-state index in [4.69, 9.17) is 5.73 Å². The van der Waals surface area contributed by atoms with Crippen molar-refractivity contribution in [2.75, 3.05) is 5.73 Å². The van der Waals surface area contributed by atoms with E-state index in [0.29, 0.717) is 11.8 Å². The van der Waals surface area contributed by atoms with E-state index in [9.17, 15) is 0 Å². The maximum Gasteiger partial charge on any atom is 0.218 e. The molecule has 0 amide bonds. The summed E-state index contributed by atoms with van der Waals surface area (Å²) in [6.07, 6.45) is 0. The average Bonchev–Trinajstić information content (AvgIpc) is 2.51. The third-order valence-corrected chi connectivity index (χ3v) is 2.85. The van der Waals surface area contributed by atoms with Crippen molar-refractivity contribution in [3.8, 4) is 11.4 Å². The summed E-state index contributed by atoms with van der Waals surface area (Å²) < 4.78 is 2.53. The van der Waals surface area contributed by atoms with Crippen LogP contribution in [0.3, 0.4) is 0 Å². The fraction of sp³-hybridized carbons (Fsp3) is 0.200. The molecule has 0 aliphatic rings. The van der Waals surface area contributed by atoms with Gasteiger partial charge in [-0.2, -0.15) is 4.98 Å². The van der Waals surface area contributed by atoms with Gasteiger partial charge in [0.25, 0.3) is 0 Å². The topological polar surface area (TPSA) is 56.7 Å². The maximum atomic E-state index is 5.64. The second-order valence-electron chi connectivity index (χ2n) is 3.40. The molecule has 0 radical (unpaired) electrons. The summed E-state index contributed by atoms with van der Waals surface area (Å²) in [5.41, 5.74) is 7.77. The van der Waals surface area contributed by atoms with Gasteiger partial charge in [0.2, 0.25) is 5.95 Å². The van der Waals surface area contributed by atoms with Crippen molar-refractivity contribution in [1.29, 1.82) is 0 Å². The minimum Gasteiger partial charge on any atom is -0.368 e. The van der Waals surface area contributed by atoms with E-state index in [1.165, 1.54) is 5.56 Å². The molecule has 2 N–H and O–H groups in total. The molecule has 4 nitrogen and oxygen atoms in total. The number of nitrogens with two attached hydrogens (primary N) is 1. The van der Waals surface area contributed by atoms with Crippen LogP contribution >= 0.6 is 15.9 Å². The van der Waals surface area contributed by atoms with E-state index < -0.39 is 0 Å². The van der Waals surface area contributed by atoms with Gasteiger partial charge in [-0.1, -0.05) is 27.6 Å². The van der Waals surface area contributed by atoms with E-state index in [1.54, 1.807) is 11.7 Å². The van der Waals surface area contributed by atoms with Gasteiger partial charge in [-0.05, 0) is 19.1 Å². The van der Waals surface area contributed by atoms with Crippen LogP contribution in [-0.2, 0) is 7.05 Å². The van der Waals surface area contributed by atoms with Crippen molar-refractivity contribution in [2.45, 2.75) is 6.92 Å². The molecular formula is C10H11BrN4. The van der Waals surface area contributed by atoms with Gasteiger partial charge in [-0.15, -0.1) is 5.10 Å². The highest BCUT2D eigenvalue weighted by Gasteiger charge is 2.10. The van der Waals surface area contributed by atoms with E-state index in [1.807, 2.05) is 25.1 Å². The highest BCUT2D eigenvalue weighted by Crippen LogP contribution is 2.26. The zero-order valence-corrected chi connectivity index (χ0v) is 10.1. The Morgan fingerprint density at radius 1 is 1.40 bits per heavy atom. The van der Waals surface area contributed by atoms with Crippen LogP contribution < -0.4 is 5.73 Å². The van der Waals surface area contributed by atoms with Gasteiger partial charge in [-0.25, -0.2) is 4.68 Å². The summed E-state index contributed by atoms with van der Waals surface area (Å²) in [7, 11) is 1.77. The van der Waals surface area contributed by atoms with Gasteiger partial charge in [-0.3, -0.25) is 0 Å². The second kappa shape index (κ2) is 3.66. The summed E-state index contributed by atoms with van der Waals surface area (Å²) in [5, 5.41) is 4.23. The fourth-order valence-corrected chi connectivity index (χ4v) is 1.75. The van der Waals surface area contributed by atoms with E-state index in [2.05, 4.69) is 26.0 Å². The Kier molecular flexibility index (Phi) is 2.48. The summed E-state index contributed by atoms with van der Waals surface area (Å²) in [6, 6.07) is 6.04. The Labute approximate surface area is 96.3 Å². The summed E-state index contributed by atoms with van der Waals surface area (Å²) >= 11 is 3.47. The number of nitrogens with zero attached hydrogens (tertiary/aromatic N) is 3. The molecule has 1 aromatic heterocycles. The molecule has 0 saturated heterocycles. The van der Waals surface area contributed by atoms with Crippen LogP contribution in [0.5, 0.6) is 0 Å². The van der Waals surface area contributed by atoms with Gasteiger partial charge in [0, 0.05) is 17.1 Å². The average molecular weight is 267 g/mol. The summed E-state index contributed by atoms with van der Waals surface area (Å²) in [4.78, 5) is 4.18. The van der Waals surface area contributed by atoms with Crippen molar-refractivity contribution in [3.63, 3.8) is 0 Å². The monoisotopic (exact) mass is 266 g/mol. The van der Waals surface area contributed by atoms with Crippen molar-refractivity contribution >= 4 is 21.9 Å². The first-order chi connectivity index (χ1) is 7.08. The number of anilines is 1. The van der Waals surface area contributed by atoms with E-state index >= 15 is 0 Å². The van der Waals surface area contributed by atoms with Crippen molar-refractivity contribution < 1.29 is 0 Å². The van der Waals surface area contributed by atoms with Crippen LogP contribution in [-0.4, -0.2) is 14.8 Å². The highest BCUT2D eigenvalue weighted by molar-refractivity contribution is 9.10. The lowest BCUT2D eigenvalue weighted by Gasteiger charge is -2.00. The first-order valence-electron chi connectivity index (χ1n) is 4.51. The zero-order chi connectivity index (χ0) is 11.0. The van der Waals surface area contributed by atoms with Crippen LogP contribution in [0.1, 0.15) is 5.56 Å². The van der Waals surface area contributed by atoms with Gasteiger partial charge in [0.1, 0.15) is 0 Å². The number of halogens is 1. The van der Waals surface area contributed by atoms with Crippen LogP contribution in [0.25, 0.3) is 11.4 Å². The van der Waals surface area contributed by atoms with Crippen LogP contribution in [0, 0.1) is 6.92 Å². The lowest BCUT2D eigenvalue weighted by molar-refractivity contribution is 0.780. The number of aryl methyl sites for hydroxylation is 2. The van der Waals surface area contributed by atoms with Crippen molar-refractivity contribution in [3.05, 3.63) is 28.2 Å². The number of rotatable bonds is 1. The first kappa shape index (κ1) is 10.2. The molecule has 0 unspecified atom stereocenters. The van der Waals surface area contributed by atoms with Crippen LogP contribution in [0.2, 0.25) is 0 Å². The van der Waals surface area contributed by atoms with Crippen molar-refractivity contribution in [2.24, 2.45) is 7.05 Å². The second-order valence-corrected chi connectivity index (χ2v) is 4.25. The van der Waals surface area contributed by atoms with Gasteiger partial charge in [0.15, 0.2) is 5.82 Å². The molecule has 0 atom stereocenters. The predicted molar refractivity (Wildman–Crippen MR) is 63.3 cm³/mol. The molecule has 2 aromatic rings. The van der Waals surface area contributed by atoms with E-state index in [-0.39, 0.29) is 0 Å². The minimum atomic E-state index is 0.415. The normalized spacial score (nSPS) is 10.6. The molecule has 0 bridgehead atoms. The number of benzene rings is 1. The molecule has 15 heavy (non-hydrogen) atoms. The van der Waals surface area contributed by atoms with E-state index in [0.717, 1.165) is 10.0 Å². The van der Waals surface area contributed by atoms with Gasteiger partial charge in [0.05, 0.1) is 0 Å². The predicted octanol–water partition coefficient (Wildman–Crippen LogP) is 2.14. The number of aromatic nitrogens is 3. The standard InChI is InChI=1S/C10H11BrN4/c1-6-3-4-8(11)7(5-6)9-13-10(12)15(2)14-9/h3-5H,1-2H3,(H2,12,13,14). The molecule has 0 aliphatic heterocycles. The Bertz CT molecular complexity index is 485. The summed E-state index contributed by atoms with van der Waals surface area (Å²) in [6.45, 7) is 2.03. The lowest BCUT2D eigenvalue weighted by atomic mass is 10.1. The van der Waals surface area contributed by atoms with Gasteiger partial charge < -0.3 is 5.73 Å². The summed E-state index contributed by atoms with van der Waals surface area (Å²) in [5.74, 6) is 1.06. The lowest BCUT2D eigenvalue weighted by Crippen LogP contribution is -1.97. The maximum absolute atomic E-state index is 5.64. The molecule has 5 heteroatoms. The third kappa shape index (κ3) is 1.87. The molecule has 0 aliphatic carbocycles. The molecule has 0 spiro atoms. The Balaban J connectivity index is 2.58.